The van der Waals surface area contributed by atoms with Crippen LogP contribution in [0.5, 0.6) is 0 Å². The molecule has 0 aliphatic heterocycles. The summed E-state index contributed by atoms with van der Waals surface area (Å²) in [7, 11) is -3.84. The van der Waals surface area contributed by atoms with Crippen LogP contribution in [-0.2, 0) is 33.4 Å². The summed E-state index contributed by atoms with van der Waals surface area (Å²) in [5, 5.41) is 16.7. The fourth-order valence-electron chi connectivity index (χ4n) is 3.10. The Morgan fingerprint density at radius 2 is 1.00 bits per heavy atom. The van der Waals surface area contributed by atoms with Crippen LogP contribution >= 0.6 is 7.60 Å². The molecule has 3 aromatic carbocycles. The molecule has 0 saturated carbocycles. The fourth-order valence-corrected chi connectivity index (χ4v) is 3.65. The van der Waals surface area contributed by atoms with Gasteiger partial charge < -0.3 is 14.9 Å². The molecule has 38 heavy (non-hydrogen) atoms. The molecular weight excluding hydrogens is 505 g/mol. The van der Waals surface area contributed by atoms with Gasteiger partial charge in [-0.3, -0.25) is 19.4 Å². The largest absolute Gasteiger partial charge is 0.481 e. The monoisotopic (exact) mass is 543 g/mol. The van der Waals surface area contributed by atoms with E-state index < -0.39 is 13.6 Å². The van der Waals surface area contributed by atoms with E-state index in [1.54, 1.807) is 5.48 Å². The van der Waals surface area contributed by atoms with Crippen molar-refractivity contribution in [3.8, 4) is 0 Å². The molecule has 3 rings (SSSR count). The van der Waals surface area contributed by atoms with E-state index in [4.69, 9.17) is 20.1 Å². The SMILES string of the molecule is Cc1ccc(CCC(=O)NO)cc1.Cc1ccc(CCC(=O)O)cc1.Cc1ccc(CCP(=O)(O)O)cc1. The molecule has 3 aromatic rings. The Labute approximate surface area is 224 Å². The van der Waals surface area contributed by atoms with Crippen molar-refractivity contribution in [3.05, 3.63) is 106 Å². The van der Waals surface area contributed by atoms with Crippen LogP contribution in [0.2, 0.25) is 0 Å². The van der Waals surface area contributed by atoms with Gasteiger partial charge in [0.1, 0.15) is 0 Å². The van der Waals surface area contributed by atoms with Crippen LogP contribution in [-0.4, -0.2) is 38.1 Å². The van der Waals surface area contributed by atoms with Gasteiger partial charge in [0.25, 0.3) is 0 Å². The predicted octanol–water partition coefficient (Wildman–Crippen LogP) is 5.16. The van der Waals surface area contributed by atoms with Gasteiger partial charge in [-0.05, 0) is 56.7 Å². The van der Waals surface area contributed by atoms with Crippen LogP contribution < -0.4 is 5.48 Å². The van der Waals surface area contributed by atoms with Crippen molar-refractivity contribution in [1.82, 2.24) is 5.48 Å². The zero-order chi connectivity index (χ0) is 28.6. The number of nitrogens with one attached hydrogen (secondary N) is 1. The minimum absolute atomic E-state index is 0.0734. The van der Waals surface area contributed by atoms with Gasteiger partial charge in [-0.2, -0.15) is 0 Å². The summed E-state index contributed by atoms with van der Waals surface area (Å²) in [5.41, 5.74) is 8.33. The quantitative estimate of drug-likeness (QED) is 0.142. The van der Waals surface area contributed by atoms with E-state index in [1.807, 2.05) is 93.6 Å². The first-order valence-electron chi connectivity index (χ1n) is 12.2. The van der Waals surface area contributed by atoms with Crippen molar-refractivity contribution in [2.75, 3.05) is 6.16 Å². The van der Waals surface area contributed by atoms with Crippen LogP contribution in [0.15, 0.2) is 72.8 Å². The number of rotatable bonds is 9. The standard InChI is InChI=1S/C10H13NO2.C10H12O2.C9H13O3P/c1-8-2-4-9(5-3-8)6-7-10(12)11-13;1-8-2-4-9(5-3-8)6-7-10(11)12;1-8-2-4-9(5-3-8)6-7-13(10,11)12/h2-5,13H,6-7H2,1H3,(H,11,12);2-5H,6-7H2,1H3,(H,11,12);2-5H,6-7H2,1H3,(H2,10,11,12). The number of carbonyl (C=O) groups is 2. The fraction of sp³-hybridized carbons (Fsp3) is 0.310. The minimum atomic E-state index is -3.84. The second-order valence-corrected chi connectivity index (χ2v) is 10.8. The number of carbonyl (C=O) groups excluding carboxylic acids is 1. The number of amides is 1. The summed E-state index contributed by atoms with van der Waals surface area (Å²) in [4.78, 5) is 38.2. The zero-order valence-corrected chi connectivity index (χ0v) is 23.0. The molecule has 5 N–H and O–H groups in total. The highest BCUT2D eigenvalue weighted by Gasteiger charge is 2.11. The Morgan fingerprint density at radius 1 is 0.658 bits per heavy atom. The van der Waals surface area contributed by atoms with E-state index in [1.165, 1.54) is 11.1 Å². The Kier molecular flexibility index (Phi) is 14.9. The lowest BCUT2D eigenvalue weighted by Crippen LogP contribution is -2.18. The molecule has 0 atom stereocenters. The number of aryl methyl sites for hydroxylation is 6. The molecule has 0 unspecified atom stereocenters. The van der Waals surface area contributed by atoms with Gasteiger partial charge in [0.05, 0.1) is 6.16 Å². The third kappa shape index (κ3) is 16.5. The summed E-state index contributed by atoms with van der Waals surface area (Å²) < 4.78 is 10.6. The van der Waals surface area contributed by atoms with Crippen molar-refractivity contribution in [3.63, 3.8) is 0 Å². The molecule has 8 nitrogen and oxygen atoms in total. The third-order valence-corrected chi connectivity index (χ3v) is 6.25. The molecule has 0 heterocycles. The van der Waals surface area contributed by atoms with Gasteiger partial charge in [0, 0.05) is 12.8 Å². The highest BCUT2D eigenvalue weighted by Crippen LogP contribution is 2.34. The van der Waals surface area contributed by atoms with Crippen molar-refractivity contribution >= 4 is 19.5 Å². The Bertz CT molecular complexity index is 1160. The molecule has 0 spiro atoms. The van der Waals surface area contributed by atoms with Gasteiger partial charge in [0.15, 0.2) is 0 Å². The van der Waals surface area contributed by atoms with E-state index in [0.717, 1.165) is 22.3 Å². The number of hydrogen-bond acceptors (Lipinski definition) is 4. The van der Waals surface area contributed by atoms with Crippen molar-refractivity contribution in [1.29, 1.82) is 0 Å². The normalized spacial score (nSPS) is 10.4. The van der Waals surface area contributed by atoms with Crippen LogP contribution in [0.3, 0.4) is 0 Å². The van der Waals surface area contributed by atoms with E-state index in [-0.39, 0.29) is 18.5 Å². The zero-order valence-electron chi connectivity index (χ0n) is 22.1. The van der Waals surface area contributed by atoms with E-state index in [0.29, 0.717) is 25.7 Å². The highest BCUT2D eigenvalue weighted by atomic mass is 31.2. The maximum Gasteiger partial charge on any atom is 0.325 e. The van der Waals surface area contributed by atoms with Gasteiger partial charge in [-0.1, -0.05) is 89.5 Å². The summed E-state index contributed by atoms with van der Waals surface area (Å²) in [5.74, 6) is -1.09. The lowest BCUT2D eigenvalue weighted by atomic mass is 10.1. The van der Waals surface area contributed by atoms with E-state index in [9.17, 15) is 14.2 Å². The Balaban J connectivity index is 0.000000285. The molecule has 0 aliphatic rings. The molecule has 9 heteroatoms. The minimum Gasteiger partial charge on any atom is -0.481 e. The summed E-state index contributed by atoms with van der Waals surface area (Å²) >= 11 is 0. The molecule has 0 radical (unpaired) electrons. The van der Waals surface area contributed by atoms with Crippen LogP contribution in [0.1, 0.15) is 46.2 Å². The molecule has 1 amide bonds. The molecule has 0 saturated heterocycles. The average molecular weight is 544 g/mol. The number of aliphatic carboxylic acids is 1. The van der Waals surface area contributed by atoms with Gasteiger partial charge in [-0.25, -0.2) is 5.48 Å². The maximum atomic E-state index is 10.7. The van der Waals surface area contributed by atoms with Gasteiger partial charge in [-0.15, -0.1) is 0 Å². The van der Waals surface area contributed by atoms with Crippen LogP contribution in [0.25, 0.3) is 0 Å². The highest BCUT2D eigenvalue weighted by molar-refractivity contribution is 7.51. The van der Waals surface area contributed by atoms with Crippen molar-refractivity contribution in [2.45, 2.75) is 52.9 Å². The Hall–Kier alpha value is -3.29. The van der Waals surface area contributed by atoms with E-state index in [2.05, 4.69) is 0 Å². The molecule has 0 aliphatic carbocycles. The van der Waals surface area contributed by atoms with E-state index >= 15 is 0 Å². The topological polar surface area (TPSA) is 144 Å². The first-order valence-corrected chi connectivity index (χ1v) is 14.0. The van der Waals surface area contributed by atoms with Crippen molar-refractivity contribution in [2.24, 2.45) is 0 Å². The molecular formula is C29H38NO7P. The van der Waals surface area contributed by atoms with Crippen molar-refractivity contribution < 1.29 is 34.3 Å². The summed E-state index contributed by atoms with van der Waals surface area (Å²) in [6.45, 7) is 6.01. The number of carboxylic acids is 1. The van der Waals surface area contributed by atoms with Crippen LogP contribution in [0, 0.1) is 20.8 Å². The lowest BCUT2D eigenvalue weighted by molar-refractivity contribution is -0.137. The molecule has 0 bridgehead atoms. The van der Waals surface area contributed by atoms with Crippen LogP contribution in [0.4, 0.5) is 0 Å². The Morgan fingerprint density at radius 3 is 1.32 bits per heavy atom. The molecule has 206 valence electrons. The van der Waals surface area contributed by atoms with Gasteiger partial charge >= 0.3 is 13.6 Å². The first kappa shape index (κ1) is 32.7. The number of hydrogen-bond donors (Lipinski definition) is 5. The first-order chi connectivity index (χ1) is 17.9. The second kappa shape index (κ2) is 17.3. The molecule has 0 aromatic heterocycles. The smallest absolute Gasteiger partial charge is 0.325 e. The number of hydroxylamine groups is 1. The number of benzene rings is 3. The second-order valence-electron chi connectivity index (χ2n) is 9.02. The third-order valence-electron chi connectivity index (χ3n) is 5.45. The predicted molar refractivity (Wildman–Crippen MR) is 148 cm³/mol. The summed E-state index contributed by atoms with van der Waals surface area (Å²) in [6.07, 6.45) is 2.17. The summed E-state index contributed by atoms with van der Waals surface area (Å²) in [6, 6.07) is 23.6. The number of carboxylic acid groups (broad SMARTS) is 1. The average Bonchev–Trinajstić information content (AvgIpc) is 2.88. The maximum absolute atomic E-state index is 10.7. The molecule has 0 fully saturated rings. The lowest BCUT2D eigenvalue weighted by Gasteiger charge is -2.03. The van der Waals surface area contributed by atoms with Gasteiger partial charge in [0.2, 0.25) is 5.91 Å².